The van der Waals surface area contributed by atoms with Crippen LogP contribution in [-0.2, 0) is 23.7 Å². The van der Waals surface area contributed by atoms with E-state index >= 15 is 0 Å². The van der Waals surface area contributed by atoms with E-state index in [0.717, 1.165) is 84.3 Å². The number of nitrogens with two attached hydrogens (primary N) is 1. The lowest BCUT2D eigenvalue weighted by Crippen LogP contribution is -2.47. The van der Waals surface area contributed by atoms with E-state index in [-0.39, 0.29) is 7.43 Å². The van der Waals surface area contributed by atoms with Crippen molar-refractivity contribution in [3.63, 3.8) is 0 Å². The number of amides is 1. The SMILES string of the molecule is C.Cc1cc(-c2ccccc2)c(C(=O)C(=O)Cl)n1C.Cc1cc(-c2ccccc2)c(C(=O)C(=O)Nc2ccc(N3CCN(c4ncc(F)cn4)CC3)cc2)n1C.Nc1ccc(N2CCN(c3ncc(F)cn3)CC2)cc1. The summed E-state index contributed by atoms with van der Waals surface area (Å²) in [6, 6.07) is 38.1. The van der Waals surface area contributed by atoms with Crippen molar-refractivity contribution in [3.8, 4) is 22.3 Å². The first-order valence-electron chi connectivity index (χ1n) is 24.1. The molecule has 2 fully saturated rings. The zero-order valence-electron chi connectivity index (χ0n) is 41.8. The van der Waals surface area contributed by atoms with Crippen molar-refractivity contribution in [2.75, 3.05) is 83.0 Å². The maximum absolute atomic E-state index is 13.2. The van der Waals surface area contributed by atoms with Crippen molar-refractivity contribution >= 4 is 69.0 Å². The summed E-state index contributed by atoms with van der Waals surface area (Å²) in [7, 11) is 3.54. The second kappa shape index (κ2) is 25.0. The Morgan fingerprint density at radius 2 is 0.882 bits per heavy atom. The Labute approximate surface area is 445 Å². The number of aromatic nitrogens is 6. The van der Waals surface area contributed by atoms with Crippen LogP contribution in [0.1, 0.15) is 39.8 Å². The van der Waals surface area contributed by atoms with E-state index in [1.54, 1.807) is 35.4 Å². The number of nitrogen functional groups attached to an aromatic ring is 1. The molecule has 1 amide bonds. The van der Waals surface area contributed by atoms with E-state index in [0.29, 0.717) is 42.1 Å². The largest absolute Gasteiger partial charge is 0.399 e. The van der Waals surface area contributed by atoms with Crippen molar-refractivity contribution in [1.29, 1.82) is 0 Å². The van der Waals surface area contributed by atoms with Gasteiger partial charge in [0.05, 0.1) is 24.8 Å². The molecule has 4 aromatic heterocycles. The van der Waals surface area contributed by atoms with Crippen LogP contribution in [0.5, 0.6) is 0 Å². The summed E-state index contributed by atoms with van der Waals surface area (Å²) >= 11 is 5.30. The van der Waals surface area contributed by atoms with Gasteiger partial charge in [-0.2, -0.15) is 0 Å². The number of anilines is 6. The minimum absolute atomic E-state index is 0. The topological polar surface area (TPSA) is 181 Å². The van der Waals surface area contributed by atoms with Gasteiger partial charge in [0.25, 0.3) is 22.7 Å². The molecule has 0 unspecified atom stereocenters. The summed E-state index contributed by atoms with van der Waals surface area (Å²) in [6.07, 6.45) is 4.76. The van der Waals surface area contributed by atoms with Crippen LogP contribution < -0.4 is 30.7 Å². The third-order valence-corrected chi connectivity index (χ3v) is 13.2. The predicted molar refractivity (Wildman–Crippen MR) is 296 cm³/mol. The van der Waals surface area contributed by atoms with Crippen LogP contribution in [0, 0.1) is 25.5 Å². The van der Waals surface area contributed by atoms with Gasteiger partial charge >= 0.3 is 0 Å². The molecule has 8 aromatic rings. The summed E-state index contributed by atoms with van der Waals surface area (Å²) in [5, 5.41) is 1.78. The van der Waals surface area contributed by atoms with Gasteiger partial charge in [-0.1, -0.05) is 68.1 Å². The first kappa shape index (κ1) is 55.0. The van der Waals surface area contributed by atoms with Crippen LogP contribution in [-0.4, -0.2) is 104 Å². The van der Waals surface area contributed by atoms with E-state index in [4.69, 9.17) is 17.3 Å². The van der Waals surface area contributed by atoms with Gasteiger partial charge in [-0.3, -0.25) is 19.2 Å². The highest BCUT2D eigenvalue weighted by molar-refractivity contribution is 6.83. The van der Waals surface area contributed by atoms with Crippen LogP contribution in [0.25, 0.3) is 22.3 Å². The molecule has 2 aliphatic heterocycles. The van der Waals surface area contributed by atoms with Crippen LogP contribution in [0.15, 0.2) is 146 Å². The van der Waals surface area contributed by atoms with Gasteiger partial charge in [0, 0.05) is 112 Å². The van der Waals surface area contributed by atoms with Crippen LogP contribution >= 0.6 is 11.6 Å². The number of nitrogens with zero attached hydrogens (tertiary/aromatic N) is 10. The molecule has 4 aromatic carbocycles. The molecule has 6 heterocycles. The van der Waals surface area contributed by atoms with Crippen molar-refractivity contribution in [1.82, 2.24) is 29.1 Å². The van der Waals surface area contributed by atoms with E-state index in [9.17, 15) is 28.0 Å². The maximum atomic E-state index is 13.2. The van der Waals surface area contributed by atoms with Crippen LogP contribution in [0.3, 0.4) is 0 Å². The molecule has 16 nitrogen and oxygen atoms in total. The molecule has 2 aliphatic rings. The molecule has 0 bridgehead atoms. The van der Waals surface area contributed by atoms with Crippen LogP contribution in [0.2, 0.25) is 0 Å². The Bertz CT molecular complexity index is 3200. The zero-order valence-corrected chi connectivity index (χ0v) is 42.6. The molecule has 0 saturated carbocycles. The highest BCUT2D eigenvalue weighted by Crippen LogP contribution is 2.30. The summed E-state index contributed by atoms with van der Waals surface area (Å²) in [5.41, 5.74) is 14.9. The number of aryl methyl sites for hydroxylation is 2. The van der Waals surface area contributed by atoms with E-state index < -0.39 is 34.4 Å². The maximum Gasteiger partial charge on any atom is 0.298 e. The van der Waals surface area contributed by atoms with E-state index in [1.165, 1.54) is 30.5 Å². The molecular weight excluding hydrogens is 990 g/mol. The highest BCUT2D eigenvalue weighted by atomic mass is 35.5. The first-order chi connectivity index (χ1) is 36.1. The number of carbonyl (C=O) groups is 4. The number of ketones is 2. The average molecular weight is 1050 g/mol. The molecular formula is C57H59ClF2N12O4. The number of nitrogens with one attached hydrogen (secondary N) is 1. The molecule has 0 radical (unpaired) electrons. The molecule has 3 N–H and O–H groups in total. The van der Waals surface area contributed by atoms with Gasteiger partial charge in [0.1, 0.15) is 11.4 Å². The lowest BCUT2D eigenvalue weighted by Gasteiger charge is -2.36. The van der Waals surface area contributed by atoms with Gasteiger partial charge in [0.2, 0.25) is 11.9 Å². The van der Waals surface area contributed by atoms with Gasteiger partial charge in [0.15, 0.2) is 11.6 Å². The second-order valence-corrected chi connectivity index (χ2v) is 18.2. The highest BCUT2D eigenvalue weighted by Gasteiger charge is 2.27. The Balaban J connectivity index is 0.000000182. The van der Waals surface area contributed by atoms with Gasteiger partial charge in [-0.05, 0) is 97.2 Å². The van der Waals surface area contributed by atoms with Crippen molar-refractivity contribution in [2.24, 2.45) is 14.1 Å². The quantitative estimate of drug-likeness (QED) is 0.0542. The number of Topliss-reactive ketones (excluding diaryl/α,β-unsaturated/α-hetero) is 2. The molecule has 10 rings (SSSR count). The predicted octanol–water partition coefficient (Wildman–Crippen LogP) is 9.19. The van der Waals surface area contributed by atoms with E-state index in [2.05, 4.69) is 40.0 Å². The fourth-order valence-corrected chi connectivity index (χ4v) is 8.87. The molecule has 19 heteroatoms. The zero-order chi connectivity index (χ0) is 53.2. The second-order valence-electron chi connectivity index (χ2n) is 17.8. The monoisotopic (exact) mass is 1050 g/mol. The third kappa shape index (κ3) is 13.1. The number of benzene rings is 4. The number of rotatable bonds is 11. The molecule has 2 saturated heterocycles. The Kier molecular flexibility index (Phi) is 18.1. The minimum Gasteiger partial charge on any atom is -0.399 e. The summed E-state index contributed by atoms with van der Waals surface area (Å²) in [5.74, 6) is -1.69. The Morgan fingerprint density at radius 3 is 1.26 bits per heavy atom. The fourth-order valence-electron chi connectivity index (χ4n) is 8.78. The number of hydrogen-bond donors (Lipinski definition) is 2. The van der Waals surface area contributed by atoms with E-state index in [1.807, 2.05) is 128 Å². The smallest absolute Gasteiger partial charge is 0.298 e. The lowest BCUT2D eigenvalue weighted by atomic mass is 10.0. The number of carbonyl (C=O) groups excluding carboxylic acids is 4. The normalized spacial score (nSPS) is 13.1. The average Bonchev–Trinajstić information content (AvgIpc) is 3.92. The Morgan fingerprint density at radius 1 is 0.526 bits per heavy atom. The summed E-state index contributed by atoms with van der Waals surface area (Å²) < 4.78 is 29.3. The number of halogens is 3. The van der Waals surface area contributed by atoms with Crippen LogP contribution in [0.4, 0.5) is 43.4 Å². The summed E-state index contributed by atoms with van der Waals surface area (Å²) in [4.78, 5) is 73.8. The van der Waals surface area contributed by atoms with Gasteiger partial charge in [-0.15, -0.1) is 0 Å². The molecule has 0 aliphatic carbocycles. The number of piperazine rings is 2. The van der Waals surface area contributed by atoms with Crippen molar-refractivity contribution < 1.29 is 28.0 Å². The molecule has 392 valence electrons. The molecule has 0 spiro atoms. The number of hydrogen-bond acceptors (Lipinski definition) is 13. The minimum atomic E-state index is -0.964. The third-order valence-electron chi connectivity index (χ3n) is 13.0. The van der Waals surface area contributed by atoms with Gasteiger partial charge < -0.3 is 39.8 Å². The summed E-state index contributed by atoms with van der Waals surface area (Å²) in [6.45, 7) is 10.1. The lowest BCUT2D eigenvalue weighted by molar-refractivity contribution is -0.112. The van der Waals surface area contributed by atoms with Crippen molar-refractivity contribution in [3.05, 3.63) is 181 Å². The first-order valence-corrected chi connectivity index (χ1v) is 24.5. The Hall–Kier alpha value is -8.77. The van der Waals surface area contributed by atoms with Gasteiger partial charge in [-0.25, -0.2) is 28.7 Å². The molecule has 76 heavy (non-hydrogen) atoms. The molecule has 0 atom stereocenters. The fraction of sp³-hybridized carbons (Fsp3) is 0.228. The van der Waals surface area contributed by atoms with Crippen molar-refractivity contribution in [2.45, 2.75) is 21.3 Å². The standard InChI is InChI=1S/C28H27FN6O2.C14H12ClNO2.C14H16FN5.CH4/c1-19-16-24(20-6-4-3-5-7-20)25(33(19)2)26(36)27(37)32-22-8-10-23(11-9-22)34-12-14-35(15-13-34)28-30-17-21(29)18-31-28;1-9-8-11(10-6-4-3-5-7-10)12(16(9)2)13(17)14(15)18;15-11-9-17-14(18-10-11)20-7-5-19(6-8-20)13-3-1-12(16)2-4-13;/h3-11,16-18H,12-15H2,1-2H3,(H,32,37);3-8H,1-2H3;1-4,9-10H,5-8,16H2;1H4.